The molecule has 0 aromatic rings. The molecule has 0 aliphatic carbocycles. The van der Waals surface area contributed by atoms with Crippen molar-refractivity contribution in [3.8, 4) is 0 Å². The molecular formula is C7H16I2Si. The van der Waals surface area contributed by atoms with Crippen LogP contribution < -0.4 is 0 Å². The van der Waals surface area contributed by atoms with Crippen molar-refractivity contribution in [3.05, 3.63) is 0 Å². The Morgan fingerprint density at radius 1 is 0.900 bits per heavy atom. The minimum Gasteiger partial charge on any atom is -0.0720 e. The van der Waals surface area contributed by atoms with Crippen molar-refractivity contribution < 1.29 is 0 Å². The van der Waals surface area contributed by atoms with Crippen molar-refractivity contribution in [2.45, 2.75) is 44.3 Å². The number of halogens is 2. The summed E-state index contributed by atoms with van der Waals surface area (Å²) < 4.78 is 0. The van der Waals surface area contributed by atoms with E-state index >= 15 is 0 Å². The van der Waals surface area contributed by atoms with E-state index in [-0.39, 0.29) is 8.80 Å². The zero-order valence-corrected chi connectivity index (χ0v) is 12.0. The zero-order valence-electron chi connectivity index (χ0n) is 6.58. The molecular weight excluding hydrogens is 366 g/mol. The van der Waals surface area contributed by atoms with Gasteiger partial charge in [-0.15, -0.1) is 0 Å². The van der Waals surface area contributed by atoms with Crippen LogP contribution in [-0.4, -0.2) is 8.80 Å². The lowest BCUT2D eigenvalue weighted by Crippen LogP contribution is -2.01. The topological polar surface area (TPSA) is 0 Å². The second-order valence-corrected chi connectivity index (χ2v) is 6.46. The molecule has 0 aromatic carbocycles. The lowest BCUT2D eigenvalue weighted by Gasteiger charge is -2.00. The summed E-state index contributed by atoms with van der Waals surface area (Å²) >= 11 is 4.24. The monoisotopic (exact) mass is 382 g/mol. The van der Waals surface area contributed by atoms with E-state index in [0.29, 0.717) is 0 Å². The molecule has 0 atom stereocenters. The molecule has 0 nitrogen and oxygen atoms in total. The van der Waals surface area contributed by atoms with Crippen molar-refractivity contribution >= 4 is 46.0 Å². The van der Waals surface area contributed by atoms with Crippen LogP contribution >= 0.6 is 37.2 Å². The maximum Gasteiger partial charge on any atom is 0.0336 e. The molecule has 1 rings (SSSR count). The lowest BCUT2D eigenvalue weighted by molar-refractivity contribution is 0.720. The highest BCUT2D eigenvalue weighted by molar-refractivity contribution is 15.0. The van der Waals surface area contributed by atoms with Crippen molar-refractivity contribution in [1.82, 2.24) is 0 Å². The van der Waals surface area contributed by atoms with Gasteiger partial charge in [0.15, 0.2) is 0 Å². The fourth-order valence-corrected chi connectivity index (χ4v) is 3.74. The molecule has 0 amide bonds. The smallest absolute Gasteiger partial charge is 0.0336 e. The first-order valence-electron chi connectivity index (χ1n) is 4.04. The SMILES string of the molecule is C[SiH]1CCCCCC1.II. The summed E-state index contributed by atoms with van der Waals surface area (Å²) in [6, 6.07) is 3.25. The Kier molecular flexibility index (Phi) is 10.2. The summed E-state index contributed by atoms with van der Waals surface area (Å²) in [5, 5.41) is 0. The van der Waals surface area contributed by atoms with Crippen LogP contribution in [0.2, 0.25) is 18.6 Å². The maximum atomic E-state index is 2.52. The van der Waals surface area contributed by atoms with Crippen LogP contribution in [0.25, 0.3) is 0 Å². The summed E-state index contributed by atoms with van der Waals surface area (Å²) in [6.07, 6.45) is 6.15. The first kappa shape index (κ1) is 11.7. The quantitative estimate of drug-likeness (QED) is 0.436. The van der Waals surface area contributed by atoms with Crippen molar-refractivity contribution in [1.29, 1.82) is 0 Å². The normalized spacial score (nSPS) is 20.7. The minimum atomic E-state index is -0.140. The predicted molar refractivity (Wildman–Crippen MR) is 69.1 cm³/mol. The Morgan fingerprint density at radius 3 is 1.70 bits per heavy atom. The zero-order chi connectivity index (χ0) is 7.82. The first-order valence-corrected chi connectivity index (χ1v) is 13.1. The highest BCUT2D eigenvalue weighted by Crippen LogP contribution is 2.17. The van der Waals surface area contributed by atoms with E-state index in [2.05, 4.69) is 43.8 Å². The van der Waals surface area contributed by atoms with Gasteiger partial charge in [-0.25, -0.2) is 0 Å². The molecule has 0 aromatic heterocycles. The van der Waals surface area contributed by atoms with Crippen LogP contribution in [0.4, 0.5) is 0 Å². The molecule has 10 heavy (non-hydrogen) atoms. The van der Waals surface area contributed by atoms with Crippen LogP contribution in [0.5, 0.6) is 0 Å². The van der Waals surface area contributed by atoms with Gasteiger partial charge >= 0.3 is 0 Å². The summed E-state index contributed by atoms with van der Waals surface area (Å²) in [4.78, 5) is 0. The van der Waals surface area contributed by atoms with Gasteiger partial charge in [0.05, 0.1) is 0 Å². The third-order valence-corrected chi connectivity index (χ3v) is 4.93. The van der Waals surface area contributed by atoms with Gasteiger partial charge in [0, 0.05) is 46.0 Å². The van der Waals surface area contributed by atoms with Crippen LogP contribution in [0.1, 0.15) is 25.7 Å². The Hall–Kier alpha value is 1.68. The second-order valence-electron chi connectivity index (χ2n) is 3.10. The molecule has 1 aliphatic heterocycles. The van der Waals surface area contributed by atoms with E-state index in [4.69, 9.17) is 0 Å². The Morgan fingerprint density at radius 2 is 1.30 bits per heavy atom. The third-order valence-electron chi connectivity index (χ3n) is 2.14. The van der Waals surface area contributed by atoms with Crippen molar-refractivity contribution in [2.75, 3.05) is 0 Å². The van der Waals surface area contributed by atoms with Gasteiger partial charge in [0.25, 0.3) is 0 Å². The van der Waals surface area contributed by atoms with E-state index < -0.39 is 0 Å². The molecule has 0 unspecified atom stereocenters. The van der Waals surface area contributed by atoms with Crippen molar-refractivity contribution in [2.24, 2.45) is 0 Å². The van der Waals surface area contributed by atoms with E-state index in [1.54, 1.807) is 24.9 Å². The first-order chi connectivity index (χ1) is 4.89. The van der Waals surface area contributed by atoms with E-state index in [1.165, 1.54) is 12.8 Å². The van der Waals surface area contributed by atoms with Gasteiger partial charge in [-0.1, -0.05) is 44.3 Å². The molecule has 1 fully saturated rings. The number of hydrogen-bond acceptors (Lipinski definition) is 0. The largest absolute Gasteiger partial charge is 0.0720 e. The Bertz CT molecular complexity index is 60.6. The van der Waals surface area contributed by atoms with E-state index in [0.717, 1.165) is 0 Å². The average Bonchev–Trinajstić information content (AvgIpc) is 2.21. The van der Waals surface area contributed by atoms with Crippen LogP contribution in [-0.2, 0) is 0 Å². The fourth-order valence-electron chi connectivity index (χ4n) is 1.48. The summed E-state index contributed by atoms with van der Waals surface area (Å²) in [5.41, 5.74) is 0. The molecule has 1 saturated heterocycles. The van der Waals surface area contributed by atoms with Gasteiger partial charge in [-0.2, -0.15) is 0 Å². The molecule has 62 valence electrons. The molecule has 0 N–H and O–H groups in total. The Balaban J connectivity index is 0.000000371. The van der Waals surface area contributed by atoms with Crippen molar-refractivity contribution in [3.63, 3.8) is 0 Å². The molecule has 0 saturated carbocycles. The third kappa shape index (κ3) is 6.39. The van der Waals surface area contributed by atoms with Crippen LogP contribution in [0, 0.1) is 0 Å². The maximum absolute atomic E-state index is 2.52. The molecule has 0 spiro atoms. The fraction of sp³-hybridized carbons (Fsp3) is 1.00. The Labute approximate surface area is 89.5 Å². The number of rotatable bonds is 0. The van der Waals surface area contributed by atoms with Gasteiger partial charge in [-0.3, -0.25) is 0 Å². The highest BCUT2D eigenvalue weighted by Gasteiger charge is 2.06. The molecule has 0 radical (unpaired) electrons. The molecule has 1 heterocycles. The second kappa shape index (κ2) is 8.77. The average molecular weight is 382 g/mol. The van der Waals surface area contributed by atoms with Gasteiger partial charge < -0.3 is 0 Å². The van der Waals surface area contributed by atoms with E-state index in [1.807, 2.05) is 0 Å². The highest BCUT2D eigenvalue weighted by atomic mass is 128. The van der Waals surface area contributed by atoms with Crippen LogP contribution in [0.3, 0.4) is 0 Å². The molecule has 3 heteroatoms. The molecule has 1 aliphatic rings. The minimum absolute atomic E-state index is 0.140. The van der Waals surface area contributed by atoms with Crippen LogP contribution in [0.15, 0.2) is 0 Å². The standard InChI is InChI=1S/C7H16Si.I2/c1-8-6-4-2-3-5-7-8;1-2/h8H,2-7H2,1H3;. The summed E-state index contributed by atoms with van der Waals surface area (Å²) in [5.74, 6) is 0. The predicted octanol–water partition coefficient (Wildman–Crippen LogP) is 4.19. The van der Waals surface area contributed by atoms with Gasteiger partial charge in [0.1, 0.15) is 0 Å². The number of hydrogen-bond donors (Lipinski definition) is 0. The molecule has 0 bridgehead atoms. The summed E-state index contributed by atoms with van der Waals surface area (Å²) in [7, 11) is -0.140. The van der Waals surface area contributed by atoms with E-state index in [9.17, 15) is 0 Å². The van der Waals surface area contributed by atoms with Gasteiger partial charge in [-0.05, 0) is 0 Å². The lowest BCUT2D eigenvalue weighted by atomic mass is 10.2. The van der Waals surface area contributed by atoms with Gasteiger partial charge in [0.2, 0.25) is 0 Å². The summed E-state index contributed by atoms with van der Waals surface area (Å²) in [6.45, 7) is 2.52.